The minimum absolute atomic E-state index is 0.0170. The van der Waals surface area contributed by atoms with Gasteiger partial charge in [-0.15, -0.1) is 0 Å². The highest BCUT2D eigenvalue weighted by Gasteiger charge is 2.37. The van der Waals surface area contributed by atoms with Gasteiger partial charge in [0.2, 0.25) is 5.91 Å². The van der Waals surface area contributed by atoms with E-state index in [-0.39, 0.29) is 23.7 Å². The van der Waals surface area contributed by atoms with E-state index in [1.54, 1.807) is 14.2 Å². The summed E-state index contributed by atoms with van der Waals surface area (Å²) in [7, 11) is 3.10. The standard InChI is InChI=1S/C23H34N4O7/c1-4-19(28)24-11-7-5-6-8-12-25-20(29)10-9-16-14-27(23(31)26-22(16)30)21-13-17(33-3)18(34-21)15-32-2/h14,17-18,21H,4-8,11-13,15H2,1-3H3,(H,24,28)(H,25,29)(H,26,30,31)/t17-,18?,21-/m1/s1. The van der Waals surface area contributed by atoms with Gasteiger partial charge in [0.1, 0.15) is 17.9 Å². The fourth-order valence-electron chi connectivity index (χ4n) is 3.55. The van der Waals surface area contributed by atoms with Gasteiger partial charge in [-0.3, -0.25) is 23.9 Å². The number of hydrogen-bond donors (Lipinski definition) is 3. The minimum atomic E-state index is -0.675. The van der Waals surface area contributed by atoms with Crippen LogP contribution in [0.2, 0.25) is 0 Å². The number of methoxy groups -OCH3 is 2. The van der Waals surface area contributed by atoms with Crippen LogP contribution in [0.3, 0.4) is 0 Å². The molecule has 3 atom stereocenters. The summed E-state index contributed by atoms with van der Waals surface area (Å²) in [6.45, 7) is 3.23. The van der Waals surface area contributed by atoms with E-state index >= 15 is 0 Å². The number of H-pyrrole nitrogens is 1. The van der Waals surface area contributed by atoms with Crippen LogP contribution >= 0.6 is 0 Å². The lowest BCUT2D eigenvalue weighted by Gasteiger charge is -2.16. The Balaban J connectivity index is 1.86. The van der Waals surface area contributed by atoms with E-state index in [1.165, 1.54) is 10.8 Å². The smallest absolute Gasteiger partial charge is 0.330 e. The Kier molecular flexibility index (Phi) is 11.5. The van der Waals surface area contributed by atoms with Crippen LogP contribution in [-0.2, 0) is 23.8 Å². The first-order valence-corrected chi connectivity index (χ1v) is 11.5. The summed E-state index contributed by atoms with van der Waals surface area (Å²) in [5.41, 5.74) is -1.32. The quantitative estimate of drug-likeness (QED) is 0.285. The average Bonchev–Trinajstić information content (AvgIpc) is 3.22. The van der Waals surface area contributed by atoms with Crippen molar-refractivity contribution in [3.8, 4) is 11.8 Å². The summed E-state index contributed by atoms with van der Waals surface area (Å²) < 4.78 is 17.6. The molecule has 0 radical (unpaired) electrons. The SMILES string of the molecule is CCC(=O)NCCCCCCNC(=O)C#Cc1cn([C@H]2C[C@@H](OC)C(COC)O2)c(=O)[nH]c1=O. The van der Waals surface area contributed by atoms with E-state index in [2.05, 4.69) is 27.5 Å². The van der Waals surface area contributed by atoms with Gasteiger partial charge in [0, 0.05) is 52.3 Å². The maximum absolute atomic E-state index is 12.3. The zero-order valence-corrected chi connectivity index (χ0v) is 20.0. The molecule has 0 spiro atoms. The molecule has 2 rings (SSSR count). The predicted octanol–water partition coefficient (Wildman–Crippen LogP) is 0.0398. The summed E-state index contributed by atoms with van der Waals surface area (Å²) in [5.74, 6) is 4.46. The van der Waals surface area contributed by atoms with Crippen molar-refractivity contribution >= 4 is 11.8 Å². The number of amides is 2. The fourth-order valence-corrected chi connectivity index (χ4v) is 3.55. The van der Waals surface area contributed by atoms with E-state index in [0.29, 0.717) is 32.5 Å². The average molecular weight is 479 g/mol. The number of carbonyl (C=O) groups excluding carboxylic acids is 2. The second kappa shape index (κ2) is 14.3. The molecule has 0 saturated carbocycles. The molecule has 2 heterocycles. The second-order valence-electron chi connectivity index (χ2n) is 7.93. The molecule has 1 aromatic rings. The van der Waals surface area contributed by atoms with Gasteiger partial charge in [0.05, 0.1) is 12.7 Å². The van der Waals surface area contributed by atoms with Crippen LogP contribution < -0.4 is 21.9 Å². The summed E-state index contributed by atoms with van der Waals surface area (Å²) in [4.78, 5) is 49.8. The molecule has 34 heavy (non-hydrogen) atoms. The highest BCUT2D eigenvalue weighted by atomic mass is 16.6. The fraction of sp³-hybridized carbons (Fsp3) is 0.652. The van der Waals surface area contributed by atoms with Crippen LogP contribution in [0.15, 0.2) is 15.8 Å². The molecule has 1 aliphatic heterocycles. The molecule has 11 nitrogen and oxygen atoms in total. The van der Waals surface area contributed by atoms with Crippen molar-refractivity contribution in [2.75, 3.05) is 33.9 Å². The lowest BCUT2D eigenvalue weighted by molar-refractivity contribution is -0.120. The molecule has 1 fully saturated rings. The van der Waals surface area contributed by atoms with Crippen molar-refractivity contribution < 1.29 is 23.8 Å². The van der Waals surface area contributed by atoms with Crippen LogP contribution in [0.5, 0.6) is 0 Å². The topological polar surface area (TPSA) is 141 Å². The first-order chi connectivity index (χ1) is 16.4. The van der Waals surface area contributed by atoms with Crippen molar-refractivity contribution in [1.29, 1.82) is 0 Å². The third-order valence-electron chi connectivity index (χ3n) is 5.44. The molecule has 1 aliphatic rings. The molecule has 3 N–H and O–H groups in total. The van der Waals surface area contributed by atoms with Gasteiger partial charge in [0.25, 0.3) is 11.5 Å². The number of nitrogens with zero attached hydrogens (tertiary/aromatic N) is 1. The van der Waals surface area contributed by atoms with Crippen LogP contribution in [0.4, 0.5) is 0 Å². The largest absolute Gasteiger partial charge is 0.382 e. The third-order valence-corrected chi connectivity index (χ3v) is 5.44. The highest BCUT2D eigenvalue weighted by molar-refractivity contribution is 5.93. The van der Waals surface area contributed by atoms with Crippen molar-refractivity contribution in [3.05, 3.63) is 32.6 Å². The molecule has 0 bridgehead atoms. The van der Waals surface area contributed by atoms with Crippen LogP contribution in [0, 0.1) is 11.8 Å². The highest BCUT2D eigenvalue weighted by Crippen LogP contribution is 2.29. The first kappa shape index (κ1) is 27.3. The number of unbranched alkanes of at least 4 members (excludes halogenated alkanes) is 3. The summed E-state index contributed by atoms with van der Waals surface area (Å²) in [6.07, 6.45) is 4.43. The minimum Gasteiger partial charge on any atom is -0.382 e. The van der Waals surface area contributed by atoms with Crippen LogP contribution in [0.1, 0.15) is 57.2 Å². The van der Waals surface area contributed by atoms with Crippen molar-refractivity contribution in [2.45, 2.75) is 63.9 Å². The third kappa shape index (κ3) is 8.44. The normalized spacial score (nSPS) is 19.3. The lowest BCUT2D eigenvalue weighted by Crippen LogP contribution is -2.34. The Labute approximate surface area is 198 Å². The molecular weight excluding hydrogens is 444 g/mol. The number of aromatic nitrogens is 2. The Hall–Kier alpha value is -2.94. The number of nitrogens with one attached hydrogen (secondary N) is 3. The van der Waals surface area contributed by atoms with Gasteiger partial charge >= 0.3 is 5.69 Å². The summed E-state index contributed by atoms with van der Waals surface area (Å²) in [5, 5.41) is 5.51. The zero-order valence-electron chi connectivity index (χ0n) is 20.0. The van der Waals surface area contributed by atoms with Crippen molar-refractivity contribution in [2.24, 2.45) is 0 Å². The number of aromatic amines is 1. The van der Waals surface area contributed by atoms with Gasteiger partial charge in [-0.25, -0.2) is 4.79 Å². The van der Waals surface area contributed by atoms with Gasteiger partial charge in [0.15, 0.2) is 0 Å². The lowest BCUT2D eigenvalue weighted by atomic mass is 10.2. The number of carbonyl (C=O) groups is 2. The second-order valence-corrected chi connectivity index (χ2v) is 7.93. The molecule has 1 saturated heterocycles. The Bertz CT molecular complexity index is 992. The molecule has 11 heteroatoms. The molecular formula is C23H34N4O7. The van der Waals surface area contributed by atoms with E-state index in [4.69, 9.17) is 14.2 Å². The molecule has 2 amide bonds. The Morgan fingerprint density at radius 1 is 1.18 bits per heavy atom. The van der Waals surface area contributed by atoms with Gasteiger partial charge in [-0.2, -0.15) is 0 Å². The molecule has 0 aliphatic carbocycles. The summed E-state index contributed by atoms with van der Waals surface area (Å²) in [6, 6.07) is 0. The van der Waals surface area contributed by atoms with Crippen LogP contribution in [0.25, 0.3) is 0 Å². The van der Waals surface area contributed by atoms with Gasteiger partial charge in [-0.05, 0) is 18.8 Å². The predicted molar refractivity (Wildman–Crippen MR) is 124 cm³/mol. The number of ether oxygens (including phenoxy) is 3. The van der Waals surface area contributed by atoms with Crippen molar-refractivity contribution in [3.63, 3.8) is 0 Å². The molecule has 0 aromatic carbocycles. The van der Waals surface area contributed by atoms with E-state index < -0.39 is 23.4 Å². The van der Waals surface area contributed by atoms with Gasteiger partial charge in [-0.1, -0.05) is 19.8 Å². The molecule has 1 aromatic heterocycles. The van der Waals surface area contributed by atoms with Gasteiger partial charge < -0.3 is 24.8 Å². The number of hydrogen-bond acceptors (Lipinski definition) is 7. The molecule has 1 unspecified atom stereocenters. The monoisotopic (exact) mass is 478 g/mol. The van der Waals surface area contributed by atoms with E-state index in [0.717, 1.165) is 25.7 Å². The van der Waals surface area contributed by atoms with Crippen molar-refractivity contribution in [1.82, 2.24) is 20.2 Å². The Morgan fingerprint density at radius 2 is 1.88 bits per heavy atom. The Morgan fingerprint density at radius 3 is 2.53 bits per heavy atom. The zero-order chi connectivity index (χ0) is 24.9. The first-order valence-electron chi connectivity index (χ1n) is 11.5. The van der Waals surface area contributed by atoms with Crippen LogP contribution in [-0.4, -0.2) is 67.5 Å². The van der Waals surface area contributed by atoms with E-state index in [1.807, 2.05) is 6.92 Å². The summed E-state index contributed by atoms with van der Waals surface area (Å²) >= 11 is 0. The van der Waals surface area contributed by atoms with E-state index in [9.17, 15) is 19.2 Å². The maximum atomic E-state index is 12.3. The molecule has 188 valence electrons. The maximum Gasteiger partial charge on any atom is 0.330 e. The number of rotatable bonds is 12.